The van der Waals surface area contributed by atoms with Gasteiger partial charge in [0.1, 0.15) is 10.9 Å². The van der Waals surface area contributed by atoms with Crippen LogP contribution in [0.3, 0.4) is 0 Å². The van der Waals surface area contributed by atoms with E-state index in [2.05, 4.69) is 5.32 Å². The van der Waals surface area contributed by atoms with Crippen LogP contribution in [0, 0.1) is 0 Å². The van der Waals surface area contributed by atoms with E-state index in [1.165, 1.54) is 17.0 Å². The summed E-state index contributed by atoms with van der Waals surface area (Å²) in [6, 6.07) is 12.1. The molecule has 1 aliphatic heterocycles. The van der Waals surface area contributed by atoms with Crippen LogP contribution in [0.5, 0.6) is 0 Å². The summed E-state index contributed by atoms with van der Waals surface area (Å²) in [5.74, 6) is -1.42. The fourth-order valence-electron chi connectivity index (χ4n) is 3.60. The lowest BCUT2D eigenvalue weighted by Crippen LogP contribution is -2.48. The molecule has 3 rings (SSSR count). The second-order valence-electron chi connectivity index (χ2n) is 7.75. The standard InChI is InChI=1S/C23H26ClN3O5S/c1-3-12-25-22(29)16(2)26(15-17-7-6-8-18(24)14-17)21(28)11-13-27-23(30)19-9-4-5-10-20(19)33(27,31)32/h4-10,14,16H,3,11-13,15H2,1-2H3,(H,25,29). The van der Waals surface area contributed by atoms with Gasteiger partial charge in [0.05, 0.1) is 5.56 Å². The van der Waals surface area contributed by atoms with Gasteiger partial charge in [0.2, 0.25) is 11.8 Å². The Bertz CT molecular complexity index is 1170. The first-order valence-corrected chi connectivity index (χ1v) is 12.5. The van der Waals surface area contributed by atoms with Crippen LogP contribution in [-0.2, 0) is 26.2 Å². The van der Waals surface area contributed by atoms with E-state index < -0.39 is 27.9 Å². The number of rotatable bonds is 9. The van der Waals surface area contributed by atoms with Crippen LogP contribution < -0.4 is 5.32 Å². The Morgan fingerprint density at radius 1 is 1.15 bits per heavy atom. The quantitative estimate of drug-likeness (QED) is 0.581. The van der Waals surface area contributed by atoms with Crippen molar-refractivity contribution in [2.24, 2.45) is 0 Å². The summed E-state index contributed by atoms with van der Waals surface area (Å²) >= 11 is 6.06. The van der Waals surface area contributed by atoms with Crippen molar-refractivity contribution < 1.29 is 22.8 Å². The monoisotopic (exact) mass is 491 g/mol. The molecule has 1 aliphatic rings. The normalized spacial score (nSPS) is 15.1. The summed E-state index contributed by atoms with van der Waals surface area (Å²) in [7, 11) is -4.01. The number of amides is 3. The Balaban J connectivity index is 1.78. The zero-order valence-electron chi connectivity index (χ0n) is 18.5. The number of nitrogens with zero attached hydrogens (tertiary/aromatic N) is 2. The van der Waals surface area contributed by atoms with Gasteiger partial charge in [-0.15, -0.1) is 0 Å². The van der Waals surface area contributed by atoms with Gasteiger partial charge in [0, 0.05) is 31.1 Å². The number of fused-ring (bicyclic) bond motifs is 1. The summed E-state index contributed by atoms with van der Waals surface area (Å²) < 4.78 is 26.3. The van der Waals surface area contributed by atoms with Crippen LogP contribution in [0.15, 0.2) is 53.4 Å². The molecule has 1 unspecified atom stereocenters. The first-order chi connectivity index (χ1) is 15.7. The second kappa shape index (κ2) is 10.4. The molecule has 0 bridgehead atoms. The lowest BCUT2D eigenvalue weighted by atomic mass is 10.1. The molecule has 33 heavy (non-hydrogen) atoms. The molecular weight excluding hydrogens is 466 g/mol. The number of carbonyl (C=O) groups is 3. The minimum atomic E-state index is -4.01. The number of halogens is 1. The number of nitrogens with one attached hydrogen (secondary N) is 1. The molecule has 2 aromatic rings. The van der Waals surface area contributed by atoms with E-state index >= 15 is 0 Å². The van der Waals surface area contributed by atoms with E-state index in [1.807, 2.05) is 6.92 Å². The van der Waals surface area contributed by atoms with Gasteiger partial charge in [-0.25, -0.2) is 12.7 Å². The summed E-state index contributed by atoms with van der Waals surface area (Å²) in [6.45, 7) is 3.80. The highest BCUT2D eigenvalue weighted by atomic mass is 35.5. The predicted octanol–water partition coefficient (Wildman–Crippen LogP) is 2.82. The van der Waals surface area contributed by atoms with E-state index in [0.717, 1.165) is 16.3 Å². The first-order valence-electron chi connectivity index (χ1n) is 10.6. The third kappa shape index (κ3) is 5.36. The maximum absolute atomic E-state index is 13.2. The fraction of sp³-hybridized carbons (Fsp3) is 0.348. The van der Waals surface area contributed by atoms with Gasteiger partial charge in [-0.2, -0.15) is 0 Å². The Labute approximate surface area is 198 Å². The molecule has 0 saturated carbocycles. The third-order valence-electron chi connectivity index (χ3n) is 5.40. The maximum Gasteiger partial charge on any atom is 0.269 e. The van der Waals surface area contributed by atoms with E-state index in [9.17, 15) is 22.8 Å². The van der Waals surface area contributed by atoms with E-state index in [4.69, 9.17) is 11.6 Å². The minimum Gasteiger partial charge on any atom is -0.354 e. The number of benzene rings is 2. The summed E-state index contributed by atoms with van der Waals surface area (Å²) in [5.41, 5.74) is 0.816. The molecule has 1 atom stereocenters. The molecule has 10 heteroatoms. The van der Waals surface area contributed by atoms with Crippen LogP contribution in [0.2, 0.25) is 5.02 Å². The van der Waals surface area contributed by atoms with Crippen molar-refractivity contribution in [2.45, 2.75) is 44.2 Å². The van der Waals surface area contributed by atoms with Crippen LogP contribution in [0.4, 0.5) is 0 Å². The average molecular weight is 492 g/mol. The van der Waals surface area contributed by atoms with Gasteiger partial charge in [-0.05, 0) is 43.2 Å². The number of carbonyl (C=O) groups excluding carboxylic acids is 3. The van der Waals surface area contributed by atoms with Crippen molar-refractivity contribution in [2.75, 3.05) is 13.1 Å². The smallest absolute Gasteiger partial charge is 0.269 e. The molecule has 0 fully saturated rings. The molecule has 3 amide bonds. The molecule has 0 aliphatic carbocycles. The molecule has 2 aromatic carbocycles. The summed E-state index contributed by atoms with van der Waals surface area (Å²) in [5, 5.41) is 3.27. The highest BCUT2D eigenvalue weighted by Crippen LogP contribution is 2.30. The summed E-state index contributed by atoms with van der Waals surface area (Å²) in [4.78, 5) is 39.7. The molecule has 0 radical (unpaired) electrons. The van der Waals surface area contributed by atoms with Crippen LogP contribution in [0.25, 0.3) is 0 Å². The lowest BCUT2D eigenvalue weighted by molar-refractivity contribution is -0.140. The summed E-state index contributed by atoms with van der Waals surface area (Å²) in [6.07, 6.45) is 0.487. The highest BCUT2D eigenvalue weighted by Gasteiger charge is 2.41. The topological polar surface area (TPSA) is 104 Å². The van der Waals surface area contributed by atoms with Gasteiger partial charge in [-0.1, -0.05) is 42.8 Å². The van der Waals surface area contributed by atoms with Gasteiger partial charge in [-0.3, -0.25) is 14.4 Å². The first kappa shape index (κ1) is 24.7. The van der Waals surface area contributed by atoms with Crippen molar-refractivity contribution in [3.8, 4) is 0 Å². The van der Waals surface area contributed by atoms with Crippen LogP contribution in [-0.4, -0.2) is 54.5 Å². The Morgan fingerprint density at radius 2 is 1.88 bits per heavy atom. The molecule has 8 nitrogen and oxygen atoms in total. The highest BCUT2D eigenvalue weighted by molar-refractivity contribution is 7.90. The van der Waals surface area contributed by atoms with E-state index in [0.29, 0.717) is 11.6 Å². The van der Waals surface area contributed by atoms with Crippen molar-refractivity contribution in [3.63, 3.8) is 0 Å². The molecule has 1 heterocycles. The maximum atomic E-state index is 13.2. The lowest BCUT2D eigenvalue weighted by Gasteiger charge is -2.29. The minimum absolute atomic E-state index is 0.0643. The Kier molecular flexibility index (Phi) is 7.76. The average Bonchev–Trinajstić information content (AvgIpc) is 2.99. The van der Waals surface area contributed by atoms with Gasteiger partial charge in [0.25, 0.3) is 15.9 Å². The third-order valence-corrected chi connectivity index (χ3v) is 7.47. The van der Waals surface area contributed by atoms with Crippen LogP contribution in [0.1, 0.15) is 42.6 Å². The Morgan fingerprint density at radius 3 is 2.55 bits per heavy atom. The van der Waals surface area contributed by atoms with Crippen LogP contribution >= 0.6 is 11.6 Å². The molecule has 0 saturated heterocycles. The predicted molar refractivity (Wildman–Crippen MR) is 124 cm³/mol. The van der Waals surface area contributed by atoms with Crippen molar-refractivity contribution in [1.29, 1.82) is 0 Å². The van der Waals surface area contributed by atoms with Crippen molar-refractivity contribution >= 4 is 39.3 Å². The van der Waals surface area contributed by atoms with E-state index in [1.54, 1.807) is 43.3 Å². The SMILES string of the molecule is CCCNC(=O)C(C)N(Cc1cccc(Cl)c1)C(=O)CCN1C(=O)c2ccccc2S1(=O)=O. The number of sulfonamides is 1. The Hall–Kier alpha value is -2.91. The zero-order valence-corrected chi connectivity index (χ0v) is 20.0. The molecule has 0 spiro atoms. The van der Waals surface area contributed by atoms with Gasteiger partial charge in [0.15, 0.2) is 0 Å². The molecule has 1 N–H and O–H groups in total. The van der Waals surface area contributed by atoms with Gasteiger partial charge < -0.3 is 10.2 Å². The van der Waals surface area contributed by atoms with E-state index in [-0.39, 0.29) is 35.9 Å². The van der Waals surface area contributed by atoms with Crippen molar-refractivity contribution in [3.05, 3.63) is 64.7 Å². The molecule has 176 valence electrons. The zero-order chi connectivity index (χ0) is 24.2. The molecule has 0 aromatic heterocycles. The largest absolute Gasteiger partial charge is 0.354 e. The number of hydrogen-bond donors (Lipinski definition) is 1. The number of hydrogen-bond acceptors (Lipinski definition) is 5. The second-order valence-corrected chi connectivity index (χ2v) is 10.0. The van der Waals surface area contributed by atoms with Crippen molar-refractivity contribution in [1.82, 2.24) is 14.5 Å². The molecular formula is C23H26ClN3O5S. The van der Waals surface area contributed by atoms with Gasteiger partial charge >= 0.3 is 0 Å². The fourth-order valence-corrected chi connectivity index (χ4v) is 5.39.